The largest absolute Gasteiger partial charge is 0.310 e. The Labute approximate surface area is 101 Å². The van der Waals surface area contributed by atoms with Gasteiger partial charge in [0.25, 0.3) is 0 Å². The highest BCUT2D eigenvalue weighted by molar-refractivity contribution is 5.58. The van der Waals surface area contributed by atoms with Gasteiger partial charge < -0.3 is 5.32 Å². The number of rotatable bonds is 4. The van der Waals surface area contributed by atoms with E-state index in [4.69, 9.17) is 0 Å². The van der Waals surface area contributed by atoms with Gasteiger partial charge in [-0.25, -0.2) is 0 Å². The first-order valence-corrected chi connectivity index (χ1v) is 5.98. The van der Waals surface area contributed by atoms with Crippen molar-refractivity contribution in [2.45, 2.75) is 25.4 Å². The van der Waals surface area contributed by atoms with E-state index in [1.54, 1.807) is 0 Å². The molecule has 2 aromatic heterocycles. The molecule has 0 spiro atoms. The summed E-state index contributed by atoms with van der Waals surface area (Å²) < 4.78 is 1.87. The first-order chi connectivity index (χ1) is 8.33. The highest BCUT2D eigenvalue weighted by atomic mass is 15.3. The van der Waals surface area contributed by atoms with Gasteiger partial charge in [-0.05, 0) is 30.5 Å². The zero-order valence-electron chi connectivity index (χ0n) is 9.93. The summed E-state index contributed by atoms with van der Waals surface area (Å²) in [6.45, 7) is 0.906. The molecule has 88 valence electrons. The Morgan fingerprint density at radius 1 is 1.41 bits per heavy atom. The summed E-state index contributed by atoms with van der Waals surface area (Å²) in [6, 6.07) is 4.92. The third-order valence-corrected chi connectivity index (χ3v) is 3.08. The third kappa shape index (κ3) is 2.36. The fourth-order valence-corrected chi connectivity index (χ4v) is 1.93. The van der Waals surface area contributed by atoms with Gasteiger partial charge >= 0.3 is 0 Å². The number of nitrogens with one attached hydrogen (secondary N) is 1. The highest BCUT2D eigenvalue weighted by Gasteiger charge is 2.19. The second kappa shape index (κ2) is 4.30. The van der Waals surface area contributed by atoms with Crippen molar-refractivity contribution in [1.29, 1.82) is 0 Å². The molecule has 4 nitrogen and oxygen atoms in total. The van der Waals surface area contributed by atoms with Gasteiger partial charge in [-0.1, -0.05) is 0 Å². The van der Waals surface area contributed by atoms with Crippen LogP contribution in [0.25, 0.3) is 11.3 Å². The lowest BCUT2D eigenvalue weighted by molar-refractivity contribution is 0.686. The second-order valence-corrected chi connectivity index (χ2v) is 4.58. The lowest BCUT2D eigenvalue weighted by Crippen LogP contribution is -2.15. The van der Waals surface area contributed by atoms with Crippen LogP contribution in [0.1, 0.15) is 18.4 Å². The molecule has 0 atom stereocenters. The van der Waals surface area contributed by atoms with Crippen LogP contribution in [0.5, 0.6) is 0 Å². The Morgan fingerprint density at radius 3 is 3.00 bits per heavy atom. The normalized spacial score (nSPS) is 15.1. The van der Waals surface area contributed by atoms with Crippen LogP contribution < -0.4 is 5.32 Å². The molecule has 4 heteroatoms. The van der Waals surface area contributed by atoms with Gasteiger partial charge in [-0.3, -0.25) is 9.67 Å². The van der Waals surface area contributed by atoms with Crippen LogP contribution in [-0.2, 0) is 13.6 Å². The van der Waals surface area contributed by atoms with E-state index in [-0.39, 0.29) is 0 Å². The van der Waals surface area contributed by atoms with Crippen molar-refractivity contribution < 1.29 is 0 Å². The Bertz CT molecular complexity index is 514. The van der Waals surface area contributed by atoms with E-state index in [2.05, 4.69) is 21.5 Å². The van der Waals surface area contributed by atoms with Crippen molar-refractivity contribution in [3.8, 4) is 11.3 Å². The smallest absolute Gasteiger partial charge is 0.0694 e. The van der Waals surface area contributed by atoms with E-state index in [0.29, 0.717) is 0 Å². The van der Waals surface area contributed by atoms with Crippen LogP contribution in [0.3, 0.4) is 0 Å². The summed E-state index contributed by atoms with van der Waals surface area (Å²) in [5, 5.41) is 7.68. The molecule has 0 amide bonds. The number of hydrogen-bond acceptors (Lipinski definition) is 3. The van der Waals surface area contributed by atoms with Crippen LogP contribution in [0.15, 0.2) is 30.7 Å². The number of nitrogens with zero attached hydrogens (tertiary/aromatic N) is 3. The second-order valence-electron chi connectivity index (χ2n) is 4.58. The van der Waals surface area contributed by atoms with Gasteiger partial charge in [-0.2, -0.15) is 5.10 Å². The van der Waals surface area contributed by atoms with Crippen LogP contribution in [-0.4, -0.2) is 20.8 Å². The number of aromatic nitrogens is 3. The molecule has 0 unspecified atom stereocenters. The first-order valence-electron chi connectivity index (χ1n) is 5.98. The molecule has 3 rings (SSSR count). The minimum absolute atomic E-state index is 0.732. The van der Waals surface area contributed by atoms with E-state index in [1.165, 1.54) is 18.4 Å². The van der Waals surface area contributed by atoms with E-state index < -0.39 is 0 Å². The maximum atomic E-state index is 4.30. The zero-order chi connectivity index (χ0) is 11.7. The minimum atomic E-state index is 0.732. The summed E-state index contributed by atoms with van der Waals surface area (Å²) in [5.74, 6) is 0. The zero-order valence-corrected chi connectivity index (χ0v) is 9.93. The van der Waals surface area contributed by atoms with Crippen molar-refractivity contribution in [1.82, 2.24) is 20.1 Å². The number of hydrogen-bond donors (Lipinski definition) is 1. The van der Waals surface area contributed by atoms with Crippen molar-refractivity contribution in [2.24, 2.45) is 7.05 Å². The Kier molecular flexibility index (Phi) is 2.65. The SMILES string of the molecule is Cn1nccc1-c1cncc(CNC2CC2)c1. The van der Waals surface area contributed by atoms with E-state index >= 15 is 0 Å². The van der Waals surface area contributed by atoms with E-state index in [9.17, 15) is 0 Å². The maximum absolute atomic E-state index is 4.30. The van der Waals surface area contributed by atoms with Crippen molar-refractivity contribution in [2.75, 3.05) is 0 Å². The van der Waals surface area contributed by atoms with Crippen LogP contribution in [0, 0.1) is 0 Å². The first kappa shape index (κ1) is 10.5. The van der Waals surface area contributed by atoms with Crippen LogP contribution in [0.4, 0.5) is 0 Å². The standard InChI is InChI=1S/C13H16N4/c1-17-13(4-5-16-17)11-6-10(7-14-9-11)8-15-12-2-3-12/h4-7,9,12,15H,2-3,8H2,1H3. The van der Waals surface area contributed by atoms with Gasteiger partial charge in [0.2, 0.25) is 0 Å². The van der Waals surface area contributed by atoms with Crippen molar-refractivity contribution >= 4 is 0 Å². The summed E-state index contributed by atoms with van der Waals surface area (Å²) >= 11 is 0. The molecular weight excluding hydrogens is 212 g/mol. The Balaban J connectivity index is 1.80. The molecule has 1 saturated carbocycles. The fraction of sp³-hybridized carbons (Fsp3) is 0.385. The Hall–Kier alpha value is -1.68. The predicted molar refractivity (Wildman–Crippen MR) is 66.3 cm³/mol. The highest BCUT2D eigenvalue weighted by Crippen LogP contribution is 2.21. The summed E-state index contributed by atoms with van der Waals surface area (Å²) in [7, 11) is 1.95. The topological polar surface area (TPSA) is 42.7 Å². The summed E-state index contributed by atoms with van der Waals surface area (Å²) in [4.78, 5) is 4.30. The lowest BCUT2D eigenvalue weighted by atomic mass is 10.1. The molecule has 2 heterocycles. The lowest BCUT2D eigenvalue weighted by Gasteiger charge is -2.06. The van der Waals surface area contributed by atoms with Crippen LogP contribution in [0.2, 0.25) is 0 Å². The monoisotopic (exact) mass is 228 g/mol. The summed E-state index contributed by atoms with van der Waals surface area (Å²) in [5.41, 5.74) is 3.46. The van der Waals surface area contributed by atoms with Gasteiger partial charge in [0.1, 0.15) is 0 Å². The predicted octanol–water partition coefficient (Wildman–Crippen LogP) is 1.73. The van der Waals surface area contributed by atoms with E-state index in [1.807, 2.05) is 36.4 Å². The molecule has 1 fully saturated rings. The molecule has 0 aromatic carbocycles. The molecule has 0 saturated heterocycles. The third-order valence-electron chi connectivity index (χ3n) is 3.08. The molecule has 1 N–H and O–H groups in total. The average Bonchev–Trinajstić information content (AvgIpc) is 3.08. The Morgan fingerprint density at radius 2 is 2.29 bits per heavy atom. The molecule has 0 bridgehead atoms. The number of aryl methyl sites for hydroxylation is 1. The van der Waals surface area contributed by atoms with Crippen molar-refractivity contribution in [3.63, 3.8) is 0 Å². The van der Waals surface area contributed by atoms with Gasteiger partial charge in [-0.15, -0.1) is 0 Å². The molecule has 0 radical (unpaired) electrons. The quantitative estimate of drug-likeness (QED) is 0.866. The molecule has 1 aliphatic rings. The maximum Gasteiger partial charge on any atom is 0.0694 e. The summed E-state index contributed by atoms with van der Waals surface area (Å²) in [6.07, 6.45) is 8.25. The fourth-order valence-electron chi connectivity index (χ4n) is 1.93. The average molecular weight is 228 g/mol. The molecule has 1 aliphatic carbocycles. The van der Waals surface area contributed by atoms with Gasteiger partial charge in [0.05, 0.1) is 5.69 Å². The molecule has 2 aromatic rings. The minimum Gasteiger partial charge on any atom is -0.310 e. The molecule has 0 aliphatic heterocycles. The molecule has 17 heavy (non-hydrogen) atoms. The van der Waals surface area contributed by atoms with Gasteiger partial charge in [0.15, 0.2) is 0 Å². The van der Waals surface area contributed by atoms with Crippen LogP contribution >= 0.6 is 0 Å². The molecular formula is C13H16N4. The van der Waals surface area contributed by atoms with E-state index in [0.717, 1.165) is 23.8 Å². The van der Waals surface area contributed by atoms with Gasteiger partial charge in [0, 0.05) is 43.8 Å². The van der Waals surface area contributed by atoms with Crippen molar-refractivity contribution in [3.05, 3.63) is 36.3 Å². The number of pyridine rings is 1.